The van der Waals surface area contributed by atoms with Gasteiger partial charge in [-0.1, -0.05) is 60.7 Å². The monoisotopic (exact) mass is 367 g/mol. The predicted octanol–water partition coefficient (Wildman–Crippen LogP) is 4.27. The average molecular weight is 367 g/mol. The van der Waals surface area contributed by atoms with Crippen molar-refractivity contribution in [3.63, 3.8) is 0 Å². The van der Waals surface area contributed by atoms with Gasteiger partial charge in [0.2, 0.25) is 11.0 Å². The number of amides is 1. The first-order chi connectivity index (χ1) is 12.6. The van der Waals surface area contributed by atoms with Crippen LogP contribution in [-0.4, -0.2) is 23.2 Å². The van der Waals surface area contributed by atoms with Crippen LogP contribution in [0.15, 0.2) is 54.6 Å². The van der Waals surface area contributed by atoms with Crippen molar-refractivity contribution in [1.29, 1.82) is 0 Å². The molecule has 1 heterocycles. The molecule has 26 heavy (non-hydrogen) atoms. The second-order valence-corrected chi connectivity index (χ2v) is 7.15. The number of carbonyl (C=O) groups is 1. The molecule has 0 spiro atoms. The van der Waals surface area contributed by atoms with Crippen LogP contribution >= 0.6 is 11.3 Å². The zero-order valence-electron chi connectivity index (χ0n) is 14.8. The molecule has 0 fully saturated rings. The Morgan fingerprint density at radius 3 is 2.54 bits per heavy atom. The minimum atomic E-state index is -0.0477. The lowest BCUT2D eigenvalue weighted by molar-refractivity contribution is -0.116. The molecule has 3 rings (SSSR count). The number of methoxy groups -OCH3 is 1. The molecular formula is C20H21N3O2S. The smallest absolute Gasteiger partial charge is 0.226 e. The van der Waals surface area contributed by atoms with Gasteiger partial charge in [0.05, 0.1) is 7.11 Å². The maximum absolute atomic E-state index is 12.2. The lowest BCUT2D eigenvalue weighted by Crippen LogP contribution is -2.14. The molecule has 1 aromatic heterocycles. The lowest BCUT2D eigenvalue weighted by atomic mass is 9.98. The highest BCUT2D eigenvalue weighted by atomic mass is 32.1. The van der Waals surface area contributed by atoms with Crippen molar-refractivity contribution in [2.45, 2.75) is 25.7 Å². The van der Waals surface area contributed by atoms with Crippen LogP contribution in [0.3, 0.4) is 0 Å². The highest BCUT2D eigenvalue weighted by molar-refractivity contribution is 7.15. The molecule has 0 saturated heterocycles. The topological polar surface area (TPSA) is 64.1 Å². The number of rotatable bonds is 7. The summed E-state index contributed by atoms with van der Waals surface area (Å²) in [4.78, 5) is 12.2. The Morgan fingerprint density at radius 1 is 1.12 bits per heavy atom. The summed E-state index contributed by atoms with van der Waals surface area (Å²) >= 11 is 1.40. The van der Waals surface area contributed by atoms with Gasteiger partial charge in [0.25, 0.3) is 0 Å². The number of benzene rings is 2. The number of carbonyl (C=O) groups excluding carboxylic acids is 1. The standard InChI is InChI=1S/C20H21N3O2S/c1-14(16-6-4-3-5-7-16)12-18(24)21-20-23-22-19(26-20)13-15-8-10-17(25-2)11-9-15/h3-11,14H,12-13H2,1-2H3,(H,21,23,24). The molecule has 0 saturated carbocycles. The fourth-order valence-electron chi connectivity index (χ4n) is 2.64. The number of aromatic nitrogens is 2. The van der Waals surface area contributed by atoms with E-state index in [-0.39, 0.29) is 11.8 Å². The first-order valence-corrected chi connectivity index (χ1v) is 9.26. The summed E-state index contributed by atoms with van der Waals surface area (Å²) in [5, 5.41) is 12.5. The van der Waals surface area contributed by atoms with Crippen molar-refractivity contribution in [3.05, 3.63) is 70.7 Å². The number of nitrogens with zero attached hydrogens (tertiary/aromatic N) is 2. The molecule has 134 valence electrons. The zero-order chi connectivity index (χ0) is 18.4. The highest BCUT2D eigenvalue weighted by Crippen LogP contribution is 2.22. The molecule has 0 aliphatic carbocycles. The van der Waals surface area contributed by atoms with E-state index in [0.717, 1.165) is 21.9 Å². The second-order valence-electron chi connectivity index (χ2n) is 6.09. The van der Waals surface area contributed by atoms with Crippen LogP contribution in [0.4, 0.5) is 5.13 Å². The van der Waals surface area contributed by atoms with E-state index in [2.05, 4.69) is 15.5 Å². The largest absolute Gasteiger partial charge is 0.497 e. The Balaban J connectivity index is 1.55. The normalized spacial score (nSPS) is 11.8. The molecule has 0 radical (unpaired) electrons. The van der Waals surface area contributed by atoms with Gasteiger partial charge in [0, 0.05) is 12.8 Å². The summed E-state index contributed by atoms with van der Waals surface area (Å²) in [6.07, 6.45) is 1.09. The lowest BCUT2D eigenvalue weighted by Gasteiger charge is -2.10. The van der Waals surface area contributed by atoms with Crippen molar-refractivity contribution < 1.29 is 9.53 Å². The summed E-state index contributed by atoms with van der Waals surface area (Å²) in [7, 11) is 1.65. The molecular weight excluding hydrogens is 346 g/mol. The summed E-state index contributed by atoms with van der Waals surface area (Å²) in [5.41, 5.74) is 2.28. The Morgan fingerprint density at radius 2 is 1.85 bits per heavy atom. The minimum Gasteiger partial charge on any atom is -0.497 e. The number of hydrogen-bond donors (Lipinski definition) is 1. The maximum Gasteiger partial charge on any atom is 0.226 e. The van der Waals surface area contributed by atoms with Gasteiger partial charge >= 0.3 is 0 Å². The van der Waals surface area contributed by atoms with Gasteiger partial charge in [0.1, 0.15) is 10.8 Å². The Hall–Kier alpha value is -2.73. The van der Waals surface area contributed by atoms with E-state index in [1.165, 1.54) is 11.3 Å². The van der Waals surface area contributed by atoms with E-state index in [1.54, 1.807) is 7.11 Å². The van der Waals surface area contributed by atoms with Crippen molar-refractivity contribution in [2.75, 3.05) is 12.4 Å². The van der Waals surface area contributed by atoms with Gasteiger partial charge in [-0.3, -0.25) is 4.79 Å². The summed E-state index contributed by atoms with van der Waals surface area (Å²) < 4.78 is 5.16. The first-order valence-electron chi connectivity index (χ1n) is 8.44. The van der Waals surface area contributed by atoms with E-state index in [9.17, 15) is 4.79 Å². The van der Waals surface area contributed by atoms with Gasteiger partial charge in [-0.05, 0) is 29.2 Å². The minimum absolute atomic E-state index is 0.0477. The summed E-state index contributed by atoms with van der Waals surface area (Å²) in [6.45, 7) is 2.05. The number of anilines is 1. The molecule has 0 aliphatic rings. The molecule has 2 aromatic carbocycles. The molecule has 3 aromatic rings. The molecule has 1 atom stereocenters. The summed E-state index contributed by atoms with van der Waals surface area (Å²) in [5.74, 6) is 0.933. The van der Waals surface area contributed by atoms with E-state index in [0.29, 0.717) is 18.0 Å². The van der Waals surface area contributed by atoms with Crippen LogP contribution in [-0.2, 0) is 11.2 Å². The first kappa shape index (κ1) is 18.1. The quantitative estimate of drug-likeness (QED) is 0.677. The van der Waals surface area contributed by atoms with Crippen LogP contribution in [0.2, 0.25) is 0 Å². The fraction of sp³-hybridized carbons (Fsp3) is 0.250. The SMILES string of the molecule is COc1ccc(Cc2nnc(NC(=O)CC(C)c3ccccc3)s2)cc1. The Labute approximate surface area is 157 Å². The van der Waals surface area contributed by atoms with E-state index >= 15 is 0 Å². The molecule has 1 N–H and O–H groups in total. The predicted molar refractivity (Wildman–Crippen MR) is 104 cm³/mol. The van der Waals surface area contributed by atoms with E-state index < -0.39 is 0 Å². The van der Waals surface area contributed by atoms with E-state index in [1.807, 2.05) is 61.5 Å². The Kier molecular flexibility index (Phi) is 5.96. The molecule has 0 bridgehead atoms. The molecule has 1 amide bonds. The third-order valence-electron chi connectivity index (χ3n) is 4.09. The van der Waals surface area contributed by atoms with Crippen molar-refractivity contribution in [2.24, 2.45) is 0 Å². The molecule has 5 nitrogen and oxygen atoms in total. The van der Waals surface area contributed by atoms with Crippen LogP contribution in [0.1, 0.15) is 35.4 Å². The fourth-order valence-corrected chi connectivity index (χ4v) is 3.43. The van der Waals surface area contributed by atoms with Crippen LogP contribution in [0.25, 0.3) is 0 Å². The Bertz CT molecular complexity index is 847. The van der Waals surface area contributed by atoms with E-state index in [4.69, 9.17) is 4.74 Å². The van der Waals surface area contributed by atoms with Crippen LogP contribution in [0.5, 0.6) is 5.75 Å². The zero-order valence-corrected chi connectivity index (χ0v) is 15.6. The molecule has 0 aliphatic heterocycles. The van der Waals surface area contributed by atoms with Gasteiger partial charge < -0.3 is 10.1 Å². The van der Waals surface area contributed by atoms with Gasteiger partial charge in [-0.25, -0.2) is 0 Å². The average Bonchev–Trinajstić information content (AvgIpc) is 3.09. The molecule has 6 heteroatoms. The number of hydrogen-bond acceptors (Lipinski definition) is 5. The number of ether oxygens (including phenoxy) is 1. The summed E-state index contributed by atoms with van der Waals surface area (Å²) in [6, 6.07) is 17.9. The van der Waals surface area contributed by atoms with Gasteiger partial charge in [-0.15, -0.1) is 10.2 Å². The van der Waals surface area contributed by atoms with Gasteiger partial charge in [0.15, 0.2) is 0 Å². The highest BCUT2D eigenvalue weighted by Gasteiger charge is 2.13. The van der Waals surface area contributed by atoms with Crippen molar-refractivity contribution in [3.8, 4) is 5.75 Å². The third-order valence-corrected chi connectivity index (χ3v) is 4.93. The maximum atomic E-state index is 12.2. The van der Waals surface area contributed by atoms with Crippen molar-refractivity contribution in [1.82, 2.24) is 10.2 Å². The van der Waals surface area contributed by atoms with Crippen LogP contribution in [0, 0.1) is 0 Å². The van der Waals surface area contributed by atoms with Crippen molar-refractivity contribution >= 4 is 22.4 Å². The van der Waals surface area contributed by atoms with Crippen LogP contribution < -0.4 is 10.1 Å². The third kappa shape index (κ3) is 4.89. The second kappa shape index (κ2) is 8.58. The number of nitrogens with one attached hydrogen (secondary N) is 1. The van der Waals surface area contributed by atoms with Gasteiger partial charge in [-0.2, -0.15) is 0 Å². The molecule has 1 unspecified atom stereocenters.